The Morgan fingerprint density at radius 2 is 2.04 bits per heavy atom. The summed E-state index contributed by atoms with van der Waals surface area (Å²) in [5, 5.41) is 16.8. The lowest BCUT2D eigenvalue weighted by molar-refractivity contribution is -0.143. The van der Waals surface area contributed by atoms with Crippen LogP contribution in [-0.2, 0) is 9.53 Å². The first-order valence-electron chi connectivity index (χ1n) is 7.34. The Bertz CT molecular complexity index is 762. The predicted octanol–water partition coefficient (Wildman–Crippen LogP) is 2.22. The molecular weight excluding hydrogens is 296 g/mol. The summed E-state index contributed by atoms with van der Waals surface area (Å²) in [6, 6.07) is 6.21. The molecule has 0 saturated carbocycles. The third-order valence-corrected chi connectivity index (χ3v) is 3.57. The number of nitrogens with zero attached hydrogens (tertiary/aromatic N) is 3. The second-order valence-electron chi connectivity index (χ2n) is 5.64. The van der Waals surface area contributed by atoms with Gasteiger partial charge in [0.05, 0.1) is 11.7 Å². The average molecular weight is 314 g/mol. The van der Waals surface area contributed by atoms with Crippen molar-refractivity contribution in [2.75, 3.05) is 5.32 Å². The van der Waals surface area contributed by atoms with Crippen LogP contribution in [-0.4, -0.2) is 31.9 Å². The summed E-state index contributed by atoms with van der Waals surface area (Å²) in [7, 11) is 0. The van der Waals surface area contributed by atoms with E-state index in [4.69, 9.17) is 4.74 Å². The van der Waals surface area contributed by atoms with Crippen molar-refractivity contribution in [2.24, 2.45) is 0 Å². The van der Waals surface area contributed by atoms with Crippen LogP contribution in [0.25, 0.3) is 0 Å². The Balaban J connectivity index is 2.10. The van der Waals surface area contributed by atoms with Gasteiger partial charge < -0.3 is 15.2 Å². The molecule has 1 aromatic carbocycles. The van der Waals surface area contributed by atoms with Crippen molar-refractivity contribution >= 4 is 11.9 Å². The van der Waals surface area contributed by atoms with Crippen LogP contribution in [0, 0.1) is 0 Å². The van der Waals surface area contributed by atoms with Crippen molar-refractivity contribution < 1.29 is 14.6 Å². The van der Waals surface area contributed by atoms with Crippen molar-refractivity contribution in [3.05, 3.63) is 47.4 Å². The maximum atomic E-state index is 12.6. The van der Waals surface area contributed by atoms with Crippen molar-refractivity contribution in [1.82, 2.24) is 14.8 Å². The van der Waals surface area contributed by atoms with Crippen LogP contribution < -0.4 is 5.32 Å². The molecule has 0 saturated heterocycles. The molecule has 0 spiro atoms. The topological polar surface area (TPSA) is 89.3 Å². The normalized spacial score (nSPS) is 17.0. The lowest BCUT2D eigenvalue weighted by atomic mass is 9.95. The minimum absolute atomic E-state index is 0.161. The molecule has 1 aliphatic rings. The van der Waals surface area contributed by atoms with Crippen molar-refractivity contribution in [1.29, 1.82) is 0 Å². The number of carbonyl (C=O) groups excluding carboxylic acids is 1. The molecule has 1 atom stereocenters. The average Bonchev–Trinajstić information content (AvgIpc) is 2.93. The molecule has 1 aromatic heterocycles. The molecule has 0 aliphatic carbocycles. The van der Waals surface area contributed by atoms with Gasteiger partial charge in [0.15, 0.2) is 0 Å². The highest BCUT2D eigenvalue weighted by atomic mass is 16.5. The number of phenolic OH excluding ortho intramolecular Hbond substituents is 1. The van der Waals surface area contributed by atoms with Gasteiger partial charge in [-0.2, -0.15) is 10.1 Å². The first kappa shape index (κ1) is 15.1. The molecule has 3 rings (SSSR count). The smallest absolute Gasteiger partial charge is 0.338 e. The predicted molar refractivity (Wildman–Crippen MR) is 83.8 cm³/mol. The highest BCUT2D eigenvalue weighted by Gasteiger charge is 2.34. The number of ether oxygens (including phenoxy) is 1. The van der Waals surface area contributed by atoms with Gasteiger partial charge in [0, 0.05) is 5.70 Å². The second-order valence-corrected chi connectivity index (χ2v) is 5.64. The van der Waals surface area contributed by atoms with Gasteiger partial charge in [-0.3, -0.25) is 0 Å². The lowest BCUT2D eigenvalue weighted by Crippen LogP contribution is -2.30. The molecule has 2 heterocycles. The highest BCUT2D eigenvalue weighted by molar-refractivity contribution is 5.92. The molecule has 120 valence electrons. The van der Waals surface area contributed by atoms with Crippen LogP contribution in [0.2, 0.25) is 0 Å². The van der Waals surface area contributed by atoms with Gasteiger partial charge in [0.1, 0.15) is 18.1 Å². The molecule has 23 heavy (non-hydrogen) atoms. The molecule has 0 bridgehead atoms. The van der Waals surface area contributed by atoms with Crippen LogP contribution in [0.5, 0.6) is 5.75 Å². The number of phenols is 1. The molecule has 7 nitrogen and oxygen atoms in total. The van der Waals surface area contributed by atoms with E-state index in [1.807, 2.05) is 6.92 Å². The summed E-state index contributed by atoms with van der Waals surface area (Å²) < 4.78 is 7.01. The van der Waals surface area contributed by atoms with Crippen LogP contribution >= 0.6 is 0 Å². The first-order valence-corrected chi connectivity index (χ1v) is 7.34. The minimum atomic E-state index is -0.458. The van der Waals surface area contributed by atoms with Gasteiger partial charge in [0.2, 0.25) is 5.95 Å². The number of fused-ring (bicyclic) bond motifs is 1. The van der Waals surface area contributed by atoms with E-state index in [0.29, 0.717) is 17.2 Å². The van der Waals surface area contributed by atoms with Gasteiger partial charge >= 0.3 is 5.97 Å². The summed E-state index contributed by atoms with van der Waals surface area (Å²) in [6.45, 7) is 5.42. The van der Waals surface area contributed by atoms with E-state index in [2.05, 4.69) is 15.4 Å². The van der Waals surface area contributed by atoms with E-state index in [1.165, 1.54) is 6.33 Å². The zero-order valence-corrected chi connectivity index (χ0v) is 13.1. The Morgan fingerprint density at radius 1 is 1.35 bits per heavy atom. The number of rotatable bonds is 3. The van der Waals surface area contributed by atoms with E-state index in [-0.39, 0.29) is 11.9 Å². The molecule has 7 heteroatoms. The quantitative estimate of drug-likeness (QED) is 0.845. The Kier molecular flexibility index (Phi) is 3.77. The molecule has 0 unspecified atom stereocenters. The third kappa shape index (κ3) is 2.77. The molecule has 0 fully saturated rings. The van der Waals surface area contributed by atoms with Crippen molar-refractivity contribution in [3.63, 3.8) is 0 Å². The summed E-state index contributed by atoms with van der Waals surface area (Å²) in [4.78, 5) is 16.7. The fourth-order valence-corrected chi connectivity index (χ4v) is 2.60. The zero-order valence-electron chi connectivity index (χ0n) is 13.1. The summed E-state index contributed by atoms with van der Waals surface area (Å²) in [5.74, 6) is 0.319. The van der Waals surface area contributed by atoms with Gasteiger partial charge in [-0.25, -0.2) is 9.48 Å². The summed E-state index contributed by atoms with van der Waals surface area (Å²) in [6.07, 6.45) is 1.21. The number of esters is 1. The van der Waals surface area contributed by atoms with E-state index < -0.39 is 12.0 Å². The fraction of sp³-hybridized carbons (Fsp3) is 0.312. The number of aromatic hydroxyl groups is 1. The Morgan fingerprint density at radius 3 is 2.70 bits per heavy atom. The molecule has 1 aliphatic heterocycles. The number of carbonyl (C=O) groups is 1. The van der Waals surface area contributed by atoms with E-state index in [1.54, 1.807) is 42.8 Å². The first-order chi connectivity index (χ1) is 11.0. The standard InChI is InChI=1S/C16H18N4O3/c1-9(2)23-15(22)13-10(3)19-16-17-8-18-20(16)14(13)11-4-6-12(21)7-5-11/h4-9,14,21H,1-3H3,(H,17,18,19)/t14-/m0/s1. The number of anilines is 1. The molecular formula is C16H18N4O3. The zero-order chi connectivity index (χ0) is 16.6. The van der Waals surface area contributed by atoms with Crippen molar-refractivity contribution in [3.8, 4) is 5.75 Å². The van der Waals surface area contributed by atoms with Gasteiger partial charge in [0.25, 0.3) is 0 Å². The molecule has 0 amide bonds. The third-order valence-electron chi connectivity index (χ3n) is 3.57. The number of aromatic nitrogens is 3. The monoisotopic (exact) mass is 314 g/mol. The van der Waals surface area contributed by atoms with Gasteiger partial charge in [-0.05, 0) is 38.5 Å². The number of nitrogens with one attached hydrogen (secondary N) is 1. The number of hydrogen-bond acceptors (Lipinski definition) is 6. The van der Waals surface area contributed by atoms with Crippen molar-refractivity contribution in [2.45, 2.75) is 32.9 Å². The molecule has 2 aromatic rings. The van der Waals surface area contributed by atoms with Gasteiger partial charge in [-0.1, -0.05) is 12.1 Å². The largest absolute Gasteiger partial charge is 0.508 e. The fourth-order valence-electron chi connectivity index (χ4n) is 2.60. The van der Waals surface area contributed by atoms with Crippen LogP contribution in [0.3, 0.4) is 0 Å². The SMILES string of the molecule is CC1=C(C(=O)OC(C)C)[C@H](c2ccc(O)cc2)n2ncnc2N1. The maximum Gasteiger partial charge on any atom is 0.338 e. The summed E-state index contributed by atoms with van der Waals surface area (Å²) in [5.41, 5.74) is 1.96. The minimum Gasteiger partial charge on any atom is -0.508 e. The summed E-state index contributed by atoms with van der Waals surface area (Å²) >= 11 is 0. The lowest BCUT2D eigenvalue weighted by Gasteiger charge is -2.28. The van der Waals surface area contributed by atoms with Crippen LogP contribution in [0.4, 0.5) is 5.95 Å². The van der Waals surface area contributed by atoms with Crippen LogP contribution in [0.1, 0.15) is 32.4 Å². The second kappa shape index (κ2) is 5.75. The number of allylic oxidation sites excluding steroid dienone is 1. The number of benzene rings is 1. The van der Waals surface area contributed by atoms with E-state index >= 15 is 0 Å². The number of hydrogen-bond donors (Lipinski definition) is 2. The van der Waals surface area contributed by atoms with Crippen LogP contribution in [0.15, 0.2) is 41.9 Å². The van der Waals surface area contributed by atoms with E-state index in [0.717, 1.165) is 5.56 Å². The van der Waals surface area contributed by atoms with E-state index in [9.17, 15) is 9.90 Å². The molecule has 2 N–H and O–H groups in total. The Hall–Kier alpha value is -2.83. The Labute approximate surface area is 133 Å². The highest BCUT2D eigenvalue weighted by Crippen LogP contribution is 2.35. The van der Waals surface area contributed by atoms with Gasteiger partial charge in [-0.15, -0.1) is 0 Å². The maximum absolute atomic E-state index is 12.6. The molecule has 0 radical (unpaired) electrons.